The lowest BCUT2D eigenvalue weighted by molar-refractivity contribution is 0.168. The number of nitrogens with one attached hydrogen (secondary N) is 1. The molecule has 0 aliphatic heterocycles. The Morgan fingerprint density at radius 1 is 0.707 bits per heavy atom. The summed E-state index contributed by atoms with van der Waals surface area (Å²) in [6.07, 6.45) is -0.678. The second kappa shape index (κ2) is 12.6. The number of rotatable bonds is 10. The molecule has 2 aromatic heterocycles. The molecule has 0 saturated carbocycles. The predicted octanol–water partition coefficient (Wildman–Crippen LogP) is 5.63. The van der Waals surface area contributed by atoms with Crippen LogP contribution in [0.4, 0.5) is 10.6 Å². The van der Waals surface area contributed by atoms with E-state index in [2.05, 4.69) is 10.3 Å². The summed E-state index contributed by atoms with van der Waals surface area (Å²) >= 11 is 6.62. The predicted molar refractivity (Wildman–Crippen MR) is 153 cm³/mol. The first-order valence-corrected chi connectivity index (χ1v) is 12.6. The molecule has 0 spiro atoms. The highest BCUT2D eigenvalue weighted by atomic mass is 35.5. The van der Waals surface area contributed by atoms with Crippen molar-refractivity contribution in [2.45, 2.75) is 6.92 Å². The highest BCUT2D eigenvalue weighted by molar-refractivity contribution is 6.35. The van der Waals surface area contributed by atoms with Gasteiger partial charge in [-0.2, -0.15) is 0 Å². The van der Waals surface area contributed by atoms with Gasteiger partial charge in [0.25, 0.3) is 0 Å². The zero-order valence-corrected chi connectivity index (χ0v) is 24.3. The molecule has 0 atom stereocenters. The van der Waals surface area contributed by atoms with E-state index in [-0.39, 0.29) is 23.1 Å². The molecule has 0 radical (unpaired) electrons. The van der Waals surface area contributed by atoms with Crippen LogP contribution in [0, 0.1) is 0 Å². The number of hydrogen-bond donors (Lipinski definition) is 1. The molecule has 12 nitrogen and oxygen atoms in total. The van der Waals surface area contributed by atoms with E-state index in [9.17, 15) is 4.79 Å². The lowest BCUT2D eigenvalue weighted by Crippen LogP contribution is -2.14. The number of benzene rings is 2. The standard InChI is InChI=1S/C28H29ClN4O8/c1-8-41-28(34)31-21-13-16(29)24-27(30-21)33-23(15-11-19(37-4)26(40-7)20(12-15)38-5)22(32-24)14-9-17(35-2)25(39-6)18(10-14)36-3/h9-13H,8H2,1-7H3,(H,30,31,33,34). The molecular weight excluding hydrogens is 556 g/mol. The van der Waals surface area contributed by atoms with Gasteiger partial charge in [0.2, 0.25) is 11.5 Å². The number of methoxy groups -OCH3 is 6. The summed E-state index contributed by atoms with van der Waals surface area (Å²) in [5.41, 5.74) is 2.43. The summed E-state index contributed by atoms with van der Waals surface area (Å²) in [4.78, 5) is 26.2. The number of halogens is 1. The van der Waals surface area contributed by atoms with E-state index in [0.29, 0.717) is 62.5 Å². The number of amides is 1. The van der Waals surface area contributed by atoms with Gasteiger partial charge in [-0.15, -0.1) is 0 Å². The molecule has 216 valence electrons. The summed E-state index contributed by atoms with van der Waals surface area (Å²) in [5.74, 6) is 2.61. The molecule has 13 heteroatoms. The van der Waals surface area contributed by atoms with Gasteiger partial charge in [-0.25, -0.2) is 19.7 Å². The van der Waals surface area contributed by atoms with E-state index in [1.54, 1.807) is 31.2 Å². The molecule has 0 aliphatic rings. The molecular formula is C28H29ClN4O8. The Labute approximate surface area is 241 Å². The summed E-state index contributed by atoms with van der Waals surface area (Å²) in [6.45, 7) is 1.89. The monoisotopic (exact) mass is 584 g/mol. The molecule has 2 heterocycles. The molecule has 0 unspecified atom stereocenters. The molecule has 1 N–H and O–H groups in total. The van der Waals surface area contributed by atoms with Gasteiger partial charge in [-0.3, -0.25) is 5.32 Å². The van der Waals surface area contributed by atoms with E-state index in [1.165, 1.54) is 48.7 Å². The zero-order valence-electron chi connectivity index (χ0n) is 23.6. The lowest BCUT2D eigenvalue weighted by atomic mass is 10.0. The first kappa shape index (κ1) is 29.3. The number of carbonyl (C=O) groups is 1. The minimum Gasteiger partial charge on any atom is -0.493 e. The number of anilines is 1. The summed E-state index contributed by atoms with van der Waals surface area (Å²) < 4.78 is 38.2. The third-order valence-corrected chi connectivity index (χ3v) is 6.26. The Morgan fingerprint density at radius 2 is 1.17 bits per heavy atom. The fourth-order valence-electron chi connectivity index (χ4n) is 4.17. The van der Waals surface area contributed by atoms with Crippen LogP contribution < -0.4 is 33.7 Å². The van der Waals surface area contributed by atoms with Gasteiger partial charge < -0.3 is 33.2 Å². The molecule has 4 aromatic rings. The zero-order chi connectivity index (χ0) is 29.7. The van der Waals surface area contributed by atoms with Gasteiger partial charge in [-0.05, 0) is 31.2 Å². The van der Waals surface area contributed by atoms with E-state index in [0.717, 1.165) is 0 Å². The van der Waals surface area contributed by atoms with Crippen molar-refractivity contribution in [3.8, 4) is 57.0 Å². The van der Waals surface area contributed by atoms with Crippen molar-refractivity contribution in [1.82, 2.24) is 15.0 Å². The number of hydrogen-bond acceptors (Lipinski definition) is 11. The number of carbonyl (C=O) groups excluding carboxylic acids is 1. The average Bonchev–Trinajstić information content (AvgIpc) is 2.98. The molecule has 0 saturated heterocycles. The molecule has 0 aliphatic carbocycles. The average molecular weight is 585 g/mol. The van der Waals surface area contributed by atoms with Gasteiger partial charge >= 0.3 is 6.09 Å². The van der Waals surface area contributed by atoms with Crippen molar-refractivity contribution in [1.29, 1.82) is 0 Å². The van der Waals surface area contributed by atoms with Crippen LogP contribution in [0.5, 0.6) is 34.5 Å². The van der Waals surface area contributed by atoms with Gasteiger partial charge in [0.05, 0.1) is 65.7 Å². The normalized spacial score (nSPS) is 10.6. The van der Waals surface area contributed by atoms with Gasteiger partial charge in [0.1, 0.15) is 11.3 Å². The van der Waals surface area contributed by atoms with E-state index >= 15 is 0 Å². The second-order valence-electron chi connectivity index (χ2n) is 8.26. The van der Waals surface area contributed by atoms with E-state index in [1.807, 2.05) is 0 Å². The van der Waals surface area contributed by atoms with Crippen LogP contribution >= 0.6 is 11.6 Å². The maximum absolute atomic E-state index is 12.0. The van der Waals surface area contributed by atoms with Crippen LogP contribution in [0.15, 0.2) is 30.3 Å². The second-order valence-corrected chi connectivity index (χ2v) is 8.66. The Balaban J connectivity index is 2.06. The molecule has 0 bridgehead atoms. The largest absolute Gasteiger partial charge is 0.493 e. The Bertz CT molecular complexity index is 1550. The SMILES string of the molecule is CCOC(=O)Nc1cc(Cl)c2nc(-c3cc(OC)c(OC)c(OC)c3)c(-c3cc(OC)c(OC)c(OC)c3)nc2n1. The van der Waals surface area contributed by atoms with Crippen LogP contribution in [0.1, 0.15) is 6.92 Å². The Kier molecular flexibility index (Phi) is 9.03. The summed E-state index contributed by atoms with van der Waals surface area (Å²) in [7, 11) is 9.11. The Hall–Kier alpha value is -4.71. The van der Waals surface area contributed by atoms with Crippen LogP contribution in [0.2, 0.25) is 5.02 Å². The molecule has 2 aromatic carbocycles. The third kappa shape index (κ3) is 5.78. The molecule has 41 heavy (non-hydrogen) atoms. The lowest BCUT2D eigenvalue weighted by Gasteiger charge is -2.18. The maximum atomic E-state index is 12.0. The number of fused-ring (bicyclic) bond motifs is 1. The minimum atomic E-state index is -0.678. The quantitative estimate of drug-likeness (QED) is 0.248. The van der Waals surface area contributed by atoms with Crippen molar-refractivity contribution >= 4 is 34.7 Å². The highest BCUT2D eigenvalue weighted by Gasteiger charge is 2.23. The van der Waals surface area contributed by atoms with Crippen LogP contribution in [0.25, 0.3) is 33.7 Å². The van der Waals surface area contributed by atoms with E-state index < -0.39 is 6.09 Å². The van der Waals surface area contributed by atoms with Crippen molar-refractivity contribution in [3.05, 3.63) is 35.4 Å². The number of pyridine rings is 1. The summed E-state index contributed by atoms with van der Waals surface area (Å²) in [5, 5.41) is 2.76. The molecule has 4 rings (SSSR count). The maximum Gasteiger partial charge on any atom is 0.412 e. The van der Waals surface area contributed by atoms with Crippen LogP contribution in [0.3, 0.4) is 0 Å². The molecule has 1 amide bonds. The van der Waals surface area contributed by atoms with Crippen molar-refractivity contribution in [2.75, 3.05) is 54.6 Å². The van der Waals surface area contributed by atoms with Crippen LogP contribution in [-0.2, 0) is 4.74 Å². The first-order valence-electron chi connectivity index (χ1n) is 12.2. The molecule has 0 fully saturated rings. The fraction of sp³-hybridized carbons (Fsp3) is 0.286. The number of aromatic nitrogens is 3. The number of nitrogens with zero attached hydrogens (tertiary/aromatic N) is 3. The number of ether oxygens (including phenoxy) is 7. The third-order valence-electron chi connectivity index (χ3n) is 5.98. The summed E-state index contributed by atoms with van der Waals surface area (Å²) in [6, 6.07) is 8.43. The highest BCUT2D eigenvalue weighted by Crippen LogP contribution is 2.46. The smallest absolute Gasteiger partial charge is 0.412 e. The van der Waals surface area contributed by atoms with E-state index in [4.69, 9.17) is 54.7 Å². The van der Waals surface area contributed by atoms with Gasteiger partial charge in [0.15, 0.2) is 28.6 Å². The first-order chi connectivity index (χ1) is 19.8. The topological polar surface area (TPSA) is 132 Å². The van der Waals surface area contributed by atoms with Gasteiger partial charge in [-0.1, -0.05) is 11.6 Å². The van der Waals surface area contributed by atoms with Crippen molar-refractivity contribution in [3.63, 3.8) is 0 Å². The van der Waals surface area contributed by atoms with Crippen molar-refractivity contribution in [2.24, 2.45) is 0 Å². The van der Waals surface area contributed by atoms with Gasteiger partial charge in [0, 0.05) is 17.2 Å². The van der Waals surface area contributed by atoms with Crippen molar-refractivity contribution < 1.29 is 38.0 Å². The fourth-order valence-corrected chi connectivity index (χ4v) is 4.40. The van der Waals surface area contributed by atoms with Crippen LogP contribution in [-0.4, -0.2) is 70.3 Å². The Morgan fingerprint density at radius 3 is 1.59 bits per heavy atom. The minimum absolute atomic E-state index is 0.145.